The Balaban J connectivity index is 3.00. The molecular formula is C14H16FN3. The van der Waals surface area contributed by atoms with E-state index in [-0.39, 0.29) is 0 Å². The highest BCUT2D eigenvalue weighted by Crippen LogP contribution is 2.20. The lowest BCUT2D eigenvalue weighted by Gasteiger charge is -2.26. The molecule has 18 heavy (non-hydrogen) atoms. The molecule has 0 N–H and O–H groups in total. The Bertz CT molecular complexity index is 483. The molecule has 0 atom stereocenters. The fourth-order valence-corrected chi connectivity index (χ4v) is 1.77. The van der Waals surface area contributed by atoms with Crippen LogP contribution in [0.2, 0.25) is 0 Å². The SMILES string of the molecule is CC(C)CN(CCC#N)c1cc(F)cc(C#N)c1. The molecule has 0 aliphatic rings. The molecule has 0 aliphatic carbocycles. The standard InChI is InChI=1S/C14H16FN3/c1-11(2)10-18(5-3-4-16)14-7-12(9-17)6-13(15)8-14/h6-8,11H,3,5,10H2,1-2H3. The fraction of sp³-hybridized carbons (Fsp3) is 0.429. The summed E-state index contributed by atoms with van der Waals surface area (Å²) in [6.45, 7) is 5.40. The van der Waals surface area contributed by atoms with Crippen molar-refractivity contribution in [1.82, 2.24) is 0 Å². The summed E-state index contributed by atoms with van der Waals surface area (Å²) < 4.78 is 13.4. The van der Waals surface area contributed by atoms with Crippen molar-refractivity contribution < 1.29 is 4.39 Å². The average Bonchev–Trinajstić information content (AvgIpc) is 2.33. The molecular weight excluding hydrogens is 229 g/mol. The molecule has 1 aromatic carbocycles. The lowest BCUT2D eigenvalue weighted by molar-refractivity contribution is 0.603. The topological polar surface area (TPSA) is 50.8 Å². The van der Waals surface area contributed by atoms with E-state index in [9.17, 15) is 4.39 Å². The zero-order valence-corrected chi connectivity index (χ0v) is 10.7. The average molecular weight is 245 g/mol. The maximum absolute atomic E-state index is 13.4. The lowest BCUT2D eigenvalue weighted by atomic mass is 10.1. The zero-order chi connectivity index (χ0) is 13.5. The molecule has 0 saturated heterocycles. The van der Waals surface area contributed by atoms with Gasteiger partial charge in [0.2, 0.25) is 0 Å². The molecule has 0 radical (unpaired) electrons. The van der Waals surface area contributed by atoms with Crippen LogP contribution in [0, 0.1) is 34.4 Å². The summed E-state index contributed by atoms with van der Waals surface area (Å²) in [6, 6.07) is 8.29. The summed E-state index contributed by atoms with van der Waals surface area (Å²) in [5.41, 5.74) is 0.964. The van der Waals surface area contributed by atoms with Crippen LogP contribution >= 0.6 is 0 Å². The summed E-state index contributed by atoms with van der Waals surface area (Å²) in [7, 11) is 0. The molecule has 0 aliphatic heterocycles. The third-order valence-corrected chi connectivity index (χ3v) is 2.46. The minimum atomic E-state index is -0.422. The normalized spacial score (nSPS) is 9.89. The van der Waals surface area contributed by atoms with Crippen LogP contribution in [0.1, 0.15) is 25.8 Å². The zero-order valence-electron chi connectivity index (χ0n) is 10.7. The van der Waals surface area contributed by atoms with Gasteiger partial charge in [0, 0.05) is 18.8 Å². The first-order valence-corrected chi connectivity index (χ1v) is 5.89. The summed E-state index contributed by atoms with van der Waals surface area (Å²) in [4.78, 5) is 1.94. The summed E-state index contributed by atoms with van der Waals surface area (Å²) in [5, 5.41) is 17.5. The van der Waals surface area contributed by atoms with Gasteiger partial charge < -0.3 is 4.90 Å². The molecule has 0 fully saturated rings. The van der Waals surface area contributed by atoms with Crippen molar-refractivity contribution in [2.75, 3.05) is 18.0 Å². The van der Waals surface area contributed by atoms with Crippen molar-refractivity contribution in [3.63, 3.8) is 0 Å². The second-order valence-corrected chi connectivity index (χ2v) is 4.56. The minimum absolute atomic E-state index is 0.302. The second-order valence-electron chi connectivity index (χ2n) is 4.56. The molecule has 1 aromatic rings. The van der Waals surface area contributed by atoms with Crippen LogP contribution in [-0.4, -0.2) is 13.1 Å². The molecule has 0 aromatic heterocycles. The minimum Gasteiger partial charge on any atom is -0.370 e. The predicted molar refractivity (Wildman–Crippen MR) is 68.4 cm³/mol. The van der Waals surface area contributed by atoms with Gasteiger partial charge in [-0.15, -0.1) is 0 Å². The van der Waals surface area contributed by atoms with E-state index in [2.05, 4.69) is 19.9 Å². The van der Waals surface area contributed by atoms with Crippen molar-refractivity contribution in [2.24, 2.45) is 5.92 Å². The van der Waals surface area contributed by atoms with E-state index >= 15 is 0 Å². The molecule has 0 spiro atoms. The van der Waals surface area contributed by atoms with E-state index in [0.717, 1.165) is 6.54 Å². The maximum atomic E-state index is 13.4. The molecule has 0 amide bonds. The Hall–Kier alpha value is -2.07. The first-order chi connectivity index (χ1) is 8.56. The molecule has 3 nitrogen and oxygen atoms in total. The molecule has 1 rings (SSSR count). The van der Waals surface area contributed by atoms with E-state index in [0.29, 0.717) is 30.1 Å². The number of nitriles is 2. The highest BCUT2D eigenvalue weighted by atomic mass is 19.1. The lowest BCUT2D eigenvalue weighted by Crippen LogP contribution is -2.28. The summed E-state index contributed by atoms with van der Waals surface area (Å²) in [5.74, 6) is -0.0211. The third-order valence-electron chi connectivity index (χ3n) is 2.46. The van der Waals surface area contributed by atoms with Gasteiger partial charge in [-0.05, 0) is 24.1 Å². The van der Waals surface area contributed by atoms with Gasteiger partial charge in [0.1, 0.15) is 5.82 Å². The third kappa shape index (κ3) is 4.07. The quantitative estimate of drug-likeness (QED) is 0.801. The van der Waals surface area contributed by atoms with Gasteiger partial charge in [-0.3, -0.25) is 0 Å². The van der Waals surface area contributed by atoms with Crippen LogP contribution in [0.15, 0.2) is 18.2 Å². The molecule has 0 unspecified atom stereocenters. The number of hydrogen-bond acceptors (Lipinski definition) is 3. The van der Waals surface area contributed by atoms with Gasteiger partial charge in [-0.2, -0.15) is 10.5 Å². The Morgan fingerprint density at radius 2 is 2.00 bits per heavy atom. The van der Waals surface area contributed by atoms with Gasteiger partial charge in [-0.25, -0.2) is 4.39 Å². The van der Waals surface area contributed by atoms with E-state index in [1.165, 1.54) is 12.1 Å². The number of benzene rings is 1. The van der Waals surface area contributed by atoms with Crippen molar-refractivity contribution in [1.29, 1.82) is 10.5 Å². The Morgan fingerprint density at radius 3 is 2.56 bits per heavy atom. The van der Waals surface area contributed by atoms with E-state index in [1.807, 2.05) is 11.0 Å². The van der Waals surface area contributed by atoms with Gasteiger partial charge in [-0.1, -0.05) is 13.8 Å². The second kappa shape index (κ2) is 6.61. The Morgan fingerprint density at radius 1 is 1.28 bits per heavy atom. The van der Waals surface area contributed by atoms with Gasteiger partial charge >= 0.3 is 0 Å². The van der Waals surface area contributed by atoms with Crippen LogP contribution < -0.4 is 4.90 Å². The van der Waals surface area contributed by atoms with Crippen molar-refractivity contribution in [3.05, 3.63) is 29.6 Å². The molecule has 4 heteroatoms. The van der Waals surface area contributed by atoms with E-state index < -0.39 is 5.82 Å². The number of anilines is 1. The fourth-order valence-electron chi connectivity index (χ4n) is 1.77. The Kier molecular flexibility index (Phi) is 5.14. The molecule has 0 heterocycles. The molecule has 0 saturated carbocycles. The summed E-state index contributed by atoms with van der Waals surface area (Å²) >= 11 is 0. The van der Waals surface area contributed by atoms with Gasteiger partial charge in [0.05, 0.1) is 24.1 Å². The number of rotatable bonds is 5. The van der Waals surface area contributed by atoms with Crippen molar-refractivity contribution in [3.8, 4) is 12.1 Å². The largest absolute Gasteiger partial charge is 0.370 e. The number of nitrogens with zero attached hydrogens (tertiary/aromatic N) is 3. The van der Waals surface area contributed by atoms with Crippen LogP contribution in [0.25, 0.3) is 0 Å². The smallest absolute Gasteiger partial charge is 0.126 e. The van der Waals surface area contributed by atoms with Crippen LogP contribution in [0.3, 0.4) is 0 Å². The van der Waals surface area contributed by atoms with Crippen LogP contribution in [-0.2, 0) is 0 Å². The maximum Gasteiger partial charge on any atom is 0.126 e. The molecule has 0 bridgehead atoms. The van der Waals surface area contributed by atoms with Crippen molar-refractivity contribution in [2.45, 2.75) is 20.3 Å². The number of hydrogen-bond donors (Lipinski definition) is 0. The highest BCUT2D eigenvalue weighted by molar-refractivity contribution is 5.52. The van der Waals surface area contributed by atoms with Crippen LogP contribution in [0.4, 0.5) is 10.1 Å². The van der Waals surface area contributed by atoms with Crippen LogP contribution in [0.5, 0.6) is 0 Å². The van der Waals surface area contributed by atoms with E-state index in [4.69, 9.17) is 10.5 Å². The number of halogens is 1. The molecule has 94 valence electrons. The first kappa shape index (κ1) is 14.0. The summed E-state index contributed by atoms with van der Waals surface area (Å²) in [6.07, 6.45) is 0.380. The Labute approximate surface area is 107 Å². The van der Waals surface area contributed by atoms with Gasteiger partial charge in [0.15, 0.2) is 0 Å². The monoisotopic (exact) mass is 245 g/mol. The van der Waals surface area contributed by atoms with E-state index in [1.54, 1.807) is 6.07 Å². The van der Waals surface area contributed by atoms with Gasteiger partial charge in [0.25, 0.3) is 0 Å². The first-order valence-electron chi connectivity index (χ1n) is 5.89. The highest BCUT2D eigenvalue weighted by Gasteiger charge is 2.10. The predicted octanol–water partition coefficient (Wildman–Crippen LogP) is 3.07. The van der Waals surface area contributed by atoms with Crippen molar-refractivity contribution >= 4 is 5.69 Å².